The molecule has 10 heteroatoms. The standard InChI is InChI=1S/C18H24N4O5S.CH4/c1-18(2,28(24,25)11-12-8-9-27-10-12)16(23)20-17-19-15(21-22-17)13-4-6-14(26-3)7-5-13;/h4-7,12H,8-11H2,1-3H3,(H2,19,20,21,22,23);1H4/t12-;/m1./s1. The van der Waals surface area contributed by atoms with Gasteiger partial charge >= 0.3 is 0 Å². The third kappa shape index (κ3) is 4.94. The highest BCUT2D eigenvalue weighted by atomic mass is 32.2. The number of nitrogens with zero attached hydrogens (tertiary/aromatic N) is 2. The van der Waals surface area contributed by atoms with Crippen molar-refractivity contribution in [3.05, 3.63) is 24.3 Å². The Balaban J connectivity index is 0.00000300. The highest BCUT2D eigenvalue weighted by molar-refractivity contribution is 7.93. The number of nitrogens with one attached hydrogen (secondary N) is 2. The molecule has 0 spiro atoms. The van der Waals surface area contributed by atoms with Crippen molar-refractivity contribution in [3.63, 3.8) is 0 Å². The largest absolute Gasteiger partial charge is 0.497 e. The summed E-state index contributed by atoms with van der Waals surface area (Å²) in [5, 5.41) is 9.19. The van der Waals surface area contributed by atoms with E-state index in [1.807, 2.05) is 0 Å². The summed E-state index contributed by atoms with van der Waals surface area (Å²) in [4.78, 5) is 16.9. The van der Waals surface area contributed by atoms with Crippen LogP contribution in [0.1, 0.15) is 27.7 Å². The number of amides is 1. The number of carbonyl (C=O) groups excluding carboxylic acids is 1. The molecule has 1 aromatic carbocycles. The molecule has 2 N–H and O–H groups in total. The molecule has 0 saturated carbocycles. The summed E-state index contributed by atoms with van der Waals surface area (Å²) in [5.41, 5.74) is 0.752. The summed E-state index contributed by atoms with van der Waals surface area (Å²) >= 11 is 0. The van der Waals surface area contributed by atoms with Crippen LogP contribution < -0.4 is 10.1 Å². The molecule has 160 valence electrons. The SMILES string of the molecule is C.COc1ccc(-c2nc(NC(=O)C(C)(C)S(=O)(=O)C[C@@H]3CCOC3)n[nH]2)cc1. The van der Waals surface area contributed by atoms with E-state index < -0.39 is 20.5 Å². The van der Waals surface area contributed by atoms with Crippen molar-refractivity contribution in [2.75, 3.05) is 31.4 Å². The summed E-state index contributed by atoms with van der Waals surface area (Å²) in [5.74, 6) is 0.328. The summed E-state index contributed by atoms with van der Waals surface area (Å²) in [6.07, 6.45) is 0.684. The lowest BCUT2D eigenvalue weighted by molar-refractivity contribution is -0.117. The van der Waals surface area contributed by atoms with Gasteiger partial charge in [-0.3, -0.25) is 15.2 Å². The third-order valence-electron chi connectivity index (χ3n) is 4.88. The van der Waals surface area contributed by atoms with Crippen LogP contribution in [0.5, 0.6) is 5.75 Å². The first-order chi connectivity index (χ1) is 13.2. The van der Waals surface area contributed by atoms with E-state index in [-0.39, 0.29) is 25.0 Å². The first kappa shape index (κ1) is 22.8. The predicted octanol–water partition coefficient (Wildman–Crippen LogP) is 2.28. The number of methoxy groups -OCH3 is 1. The molecule has 0 bridgehead atoms. The molecule has 1 saturated heterocycles. The topological polar surface area (TPSA) is 123 Å². The minimum atomic E-state index is -3.69. The number of rotatable bonds is 7. The third-order valence-corrected chi connectivity index (χ3v) is 7.53. The zero-order valence-electron chi connectivity index (χ0n) is 16.1. The number of benzene rings is 1. The van der Waals surface area contributed by atoms with Crippen molar-refractivity contribution in [2.24, 2.45) is 5.92 Å². The molecule has 29 heavy (non-hydrogen) atoms. The van der Waals surface area contributed by atoms with Gasteiger partial charge in [0.25, 0.3) is 0 Å². The van der Waals surface area contributed by atoms with Crippen LogP contribution in [0.2, 0.25) is 0 Å². The van der Waals surface area contributed by atoms with E-state index in [9.17, 15) is 13.2 Å². The Bertz CT molecular complexity index is 932. The van der Waals surface area contributed by atoms with Crippen molar-refractivity contribution in [1.29, 1.82) is 0 Å². The number of aromatic nitrogens is 3. The number of ether oxygens (including phenoxy) is 2. The fourth-order valence-corrected chi connectivity index (χ4v) is 4.46. The van der Waals surface area contributed by atoms with Crippen molar-refractivity contribution in [1.82, 2.24) is 15.2 Å². The van der Waals surface area contributed by atoms with Crippen LogP contribution in [-0.2, 0) is 19.4 Å². The van der Waals surface area contributed by atoms with Gasteiger partial charge in [-0.2, -0.15) is 4.98 Å². The van der Waals surface area contributed by atoms with Gasteiger partial charge in [-0.1, -0.05) is 7.43 Å². The van der Waals surface area contributed by atoms with Gasteiger partial charge in [0.2, 0.25) is 11.9 Å². The summed E-state index contributed by atoms with van der Waals surface area (Å²) in [6, 6.07) is 7.14. The Hall–Kier alpha value is -2.46. The normalized spacial score (nSPS) is 16.9. The lowest BCUT2D eigenvalue weighted by Crippen LogP contribution is -2.46. The van der Waals surface area contributed by atoms with E-state index in [4.69, 9.17) is 9.47 Å². The molecule has 0 radical (unpaired) electrons. The number of H-pyrrole nitrogens is 1. The van der Waals surface area contributed by atoms with E-state index in [1.54, 1.807) is 31.4 Å². The van der Waals surface area contributed by atoms with E-state index in [0.717, 1.165) is 5.56 Å². The molecular formula is C19H28N4O5S. The molecule has 2 heterocycles. The number of aromatic amines is 1. The molecule has 1 fully saturated rings. The smallest absolute Gasteiger partial charge is 0.249 e. The second-order valence-electron chi connectivity index (χ2n) is 7.21. The first-order valence-corrected chi connectivity index (χ1v) is 10.6. The molecule has 0 unspecified atom stereocenters. The molecule has 1 aliphatic heterocycles. The Morgan fingerprint density at radius 1 is 1.34 bits per heavy atom. The second kappa shape index (κ2) is 8.91. The molecular weight excluding hydrogens is 396 g/mol. The monoisotopic (exact) mass is 424 g/mol. The van der Waals surface area contributed by atoms with Gasteiger partial charge in [-0.25, -0.2) is 8.42 Å². The maximum Gasteiger partial charge on any atom is 0.249 e. The Labute approximate surface area is 171 Å². The number of anilines is 1. The maximum absolute atomic E-state index is 12.8. The average Bonchev–Trinajstić information content (AvgIpc) is 3.33. The van der Waals surface area contributed by atoms with Crippen molar-refractivity contribution >= 4 is 21.7 Å². The van der Waals surface area contributed by atoms with Gasteiger partial charge in [0, 0.05) is 12.2 Å². The molecule has 1 atom stereocenters. The summed E-state index contributed by atoms with van der Waals surface area (Å²) < 4.78 is 34.2. The van der Waals surface area contributed by atoms with Crippen molar-refractivity contribution in [3.8, 4) is 17.1 Å². The average molecular weight is 425 g/mol. The van der Waals surface area contributed by atoms with Gasteiger partial charge in [0.15, 0.2) is 15.7 Å². The minimum absolute atomic E-state index is 0. The van der Waals surface area contributed by atoms with E-state index in [1.165, 1.54) is 13.8 Å². The summed E-state index contributed by atoms with van der Waals surface area (Å²) in [6.45, 7) is 3.75. The highest BCUT2D eigenvalue weighted by Crippen LogP contribution is 2.25. The number of sulfone groups is 1. The first-order valence-electron chi connectivity index (χ1n) is 8.91. The molecule has 0 aliphatic carbocycles. The maximum atomic E-state index is 12.8. The molecule has 3 rings (SSSR count). The van der Waals surface area contributed by atoms with Crippen LogP contribution in [0.3, 0.4) is 0 Å². The minimum Gasteiger partial charge on any atom is -0.497 e. The zero-order chi connectivity index (χ0) is 20.4. The molecule has 2 aromatic rings. The molecule has 1 amide bonds. The second-order valence-corrected chi connectivity index (χ2v) is 9.80. The number of carbonyl (C=O) groups is 1. The molecule has 1 aliphatic rings. The predicted molar refractivity (Wildman–Crippen MR) is 111 cm³/mol. The van der Waals surface area contributed by atoms with E-state index >= 15 is 0 Å². The van der Waals surface area contributed by atoms with Gasteiger partial charge in [-0.15, -0.1) is 5.10 Å². The fraction of sp³-hybridized carbons (Fsp3) is 0.526. The zero-order valence-corrected chi connectivity index (χ0v) is 16.9. The highest BCUT2D eigenvalue weighted by Gasteiger charge is 2.43. The Morgan fingerprint density at radius 2 is 2.03 bits per heavy atom. The van der Waals surface area contributed by atoms with Crippen LogP contribution in [-0.4, -0.2) is 60.3 Å². The van der Waals surface area contributed by atoms with Gasteiger partial charge < -0.3 is 9.47 Å². The number of hydrogen-bond donors (Lipinski definition) is 2. The van der Waals surface area contributed by atoms with Crippen LogP contribution in [0, 0.1) is 5.92 Å². The molecule has 9 nitrogen and oxygen atoms in total. The van der Waals surface area contributed by atoms with Gasteiger partial charge in [0.05, 0.1) is 19.5 Å². The molecule has 1 aromatic heterocycles. The number of hydrogen-bond acceptors (Lipinski definition) is 7. The summed E-state index contributed by atoms with van der Waals surface area (Å²) in [7, 11) is -2.11. The van der Waals surface area contributed by atoms with Crippen LogP contribution in [0.25, 0.3) is 11.4 Å². The van der Waals surface area contributed by atoms with Crippen molar-refractivity contribution < 1.29 is 22.7 Å². The fourth-order valence-electron chi connectivity index (χ4n) is 2.82. The van der Waals surface area contributed by atoms with Crippen LogP contribution >= 0.6 is 0 Å². The Morgan fingerprint density at radius 3 is 2.62 bits per heavy atom. The lowest BCUT2D eigenvalue weighted by atomic mass is 10.2. The van der Waals surface area contributed by atoms with Gasteiger partial charge in [0.1, 0.15) is 10.5 Å². The van der Waals surface area contributed by atoms with E-state index in [2.05, 4.69) is 20.5 Å². The van der Waals surface area contributed by atoms with Crippen molar-refractivity contribution in [2.45, 2.75) is 32.4 Å². The van der Waals surface area contributed by atoms with Crippen LogP contribution in [0.15, 0.2) is 24.3 Å². The lowest BCUT2D eigenvalue weighted by Gasteiger charge is -2.24. The van der Waals surface area contributed by atoms with E-state index in [0.29, 0.717) is 31.2 Å². The van der Waals surface area contributed by atoms with Crippen LogP contribution in [0.4, 0.5) is 5.95 Å². The quantitative estimate of drug-likeness (QED) is 0.699. The Kier molecular flexibility index (Phi) is 7.02. The van der Waals surface area contributed by atoms with Gasteiger partial charge in [-0.05, 0) is 50.5 Å².